The zero-order valence-corrected chi connectivity index (χ0v) is 12.3. The van der Waals surface area contributed by atoms with Crippen LogP contribution in [-0.4, -0.2) is 36.8 Å². The number of amides is 1. The zero-order chi connectivity index (χ0) is 16.2. The molecule has 2 rings (SSSR count). The summed E-state index contributed by atoms with van der Waals surface area (Å²) in [5.41, 5.74) is 0.449. The van der Waals surface area contributed by atoms with Crippen LogP contribution in [0.15, 0.2) is 24.3 Å². The van der Waals surface area contributed by atoms with Crippen molar-refractivity contribution < 1.29 is 22.7 Å². The van der Waals surface area contributed by atoms with Gasteiger partial charge in [-0.1, -0.05) is 6.92 Å². The molecule has 0 saturated carbocycles. The molecule has 1 aliphatic rings. The van der Waals surface area contributed by atoms with Crippen molar-refractivity contribution in [1.82, 2.24) is 4.90 Å². The summed E-state index contributed by atoms with van der Waals surface area (Å²) in [6, 6.07) is 5.12. The lowest BCUT2D eigenvalue weighted by molar-refractivity contribution is -0.274. The number of halogens is 3. The van der Waals surface area contributed by atoms with Gasteiger partial charge in [-0.2, -0.15) is 0 Å². The molecule has 1 aromatic rings. The number of benzene rings is 1. The molecule has 1 amide bonds. The van der Waals surface area contributed by atoms with Crippen LogP contribution < -0.4 is 10.1 Å². The molecule has 0 radical (unpaired) electrons. The first-order valence-electron chi connectivity index (χ1n) is 7.20. The number of anilines is 1. The van der Waals surface area contributed by atoms with E-state index < -0.39 is 6.36 Å². The predicted octanol–water partition coefficient (Wildman–Crippen LogP) is 3.26. The van der Waals surface area contributed by atoms with Gasteiger partial charge in [0.25, 0.3) is 0 Å². The molecule has 1 fully saturated rings. The average molecular weight is 316 g/mol. The summed E-state index contributed by atoms with van der Waals surface area (Å²) < 4.78 is 39.9. The Kier molecular flexibility index (Phi) is 5.28. The van der Waals surface area contributed by atoms with E-state index in [-0.39, 0.29) is 11.7 Å². The largest absolute Gasteiger partial charge is 0.573 e. The van der Waals surface area contributed by atoms with Crippen molar-refractivity contribution in [2.24, 2.45) is 5.92 Å². The third kappa shape index (κ3) is 5.55. The molecule has 4 nitrogen and oxygen atoms in total. The van der Waals surface area contributed by atoms with Crippen molar-refractivity contribution in [3.63, 3.8) is 0 Å². The fourth-order valence-corrected chi connectivity index (χ4v) is 2.57. The standard InChI is InChI=1S/C15H19F3N2O2/c1-11-3-2-8-20(9-11)10-14(21)19-12-4-6-13(7-5-12)22-15(16,17)18/h4-7,11H,2-3,8-10H2,1H3,(H,19,21)/t11-/m1/s1. The molecule has 1 N–H and O–H groups in total. The lowest BCUT2D eigenvalue weighted by Crippen LogP contribution is -2.39. The average Bonchev–Trinajstić information content (AvgIpc) is 2.39. The number of carbonyl (C=O) groups excluding carboxylic acids is 1. The van der Waals surface area contributed by atoms with Gasteiger partial charge in [-0.05, 0) is 49.6 Å². The van der Waals surface area contributed by atoms with Crippen molar-refractivity contribution in [3.05, 3.63) is 24.3 Å². The van der Waals surface area contributed by atoms with Crippen molar-refractivity contribution >= 4 is 11.6 Å². The summed E-state index contributed by atoms with van der Waals surface area (Å²) in [4.78, 5) is 14.0. The number of alkyl halides is 3. The van der Waals surface area contributed by atoms with Crippen molar-refractivity contribution in [2.45, 2.75) is 26.1 Å². The monoisotopic (exact) mass is 316 g/mol. The van der Waals surface area contributed by atoms with E-state index in [9.17, 15) is 18.0 Å². The predicted molar refractivity (Wildman–Crippen MR) is 76.6 cm³/mol. The highest BCUT2D eigenvalue weighted by molar-refractivity contribution is 5.92. The minimum Gasteiger partial charge on any atom is -0.406 e. The second-order valence-corrected chi connectivity index (χ2v) is 5.60. The second kappa shape index (κ2) is 7.00. The minimum atomic E-state index is -4.71. The smallest absolute Gasteiger partial charge is 0.406 e. The number of carbonyl (C=O) groups is 1. The highest BCUT2D eigenvalue weighted by Crippen LogP contribution is 2.24. The molecule has 122 valence electrons. The van der Waals surface area contributed by atoms with E-state index in [1.54, 1.807) is 0 Å². The first-order chi connectivity index (χ1) is 10.3. The van der Waals surface area contributed by atoms with E-state index in [1.807, 2.05) is 0 Å². The van der Waals surface area contributed by atoms with Crippen LogP contribution in [0.4, 0.5) is 18.9 Å². The first-order valence-corrected chi connectivity index (χ1v) is 7.20. The number of rotatable bonds is 4. The van der Waals surface area contributed by atoms with Gasteiger partial charge in [-0.15, -0.1) is 13.2 Å². The van der Waals surface area contributed by atoms with E-state index in [4.69, 9.17) is 0 Å². The fourth-order valence-electron chi connectivity index (χ4n) is 2.57. The van der Waals surface area contributed by atoms with Crippen LogP contribution in [0, 0.1) is 5.92 Å². The fraction of sp³-hybridized carbons (Fsp3) is 0.533. The van der Waals surface area contributed by atoms with Crippen LogP contribution in [0.3, 0.4) is 0 Å². The van der Waals surface area contributed by atoms with Gasteiger partial charge < -0.3 is 10.1 Å². The van der Waals surface area contributed by atoms with Crippen LogP contribution in [-0.2, 0) is 4.79 Å². The van der Waals surface area contributed by atoms with Gasteiger partial charge in [0, 0.05) is 12.2 Å². The Labute approximate surface area is 127 Å². The van der Waals surface area contributed by atoms with Gasteiger partial charge >= 0.3 is 6.36 Å². The molecule has 1 heterocycles. The van der Waals surface area contributed by atoms with Crippen LogP contribution in [0.5, 0.6) is 5.75 Å². The molecule has 0 unspecified atom stereocenters. The topological polar surface area (TPSA) is 41.6 Å². The molecule has 1 aromatic carbocycles. The minimum absolute atomic E-state index is 0.168. The summed E-state index contributed by atoms with van der Waals surface area (Å²) in [6.45, 7) is 4.25. The normalized spacial score (nSPS) is 19.7. The second-order valence-electron chi connectivity index (χ2n) is 5.60. The molecule has 0 aromatic heterocycles. The van der Waals surface area contributed by atoms with Crippen LogP contribution in [0.25, 0.3) is 0 Å². The van der Waals surface area contributed by atoms with E-state index in [2.05, 4.69) is 21.9 Å². The van der Waals surface area contributed by atoms with Gasteiger partial charge in [0.15, 0.2) is 0 Å². The highest BCUT2D eigenvalue weighted by atomic mass is 19.4. The summed E-state index contributed by atoms with van der Waals surface area (Å²) >= 11 is 0. The Morgan fingerprint density at radius 2 is 2.05 bits per heavy atom. The maximum absolute atomic E-state index is 12.0. The Bertz CT molecular complexity index is 503. The lowest BCUT2D eigenvalue weighted by Gasteiger charge is -2.30. The van der Waals surface area contributed by atoms with Crippen molar-refractivity contribution in [3.8, 4) is 5.75 Å². The van der Waals surface area contributed by atoms with Gasteiger partial charge in [-0.3, -0.25) is 9.69 Å². The maximum atomic E-state index is 12.0. The van der Waals surface area contributed by atoms with Gasteiger partial charge in [0.1, 0.15) is 5.75 Å². The molecular formula is C15H19F3N2O2. The molecule has 0 spiro atoms. The van der Waals surface area contributed by atoms with Crippen molar-refractivity contribution in [2.75, 3.05) is 25.0 Å². The molecule has 22 heavy (non-hydrogen) atoms. The molecule has 1 aliphatic heterocycles. The van der Waals surface area contributed by atoms with E-state index in [1.165, 1.54) is 30.7 Å². The first kappa shape index (κ1) is 16.6. The summed E-state index contributed by atoms with van der Waals surface area (Å²) in [5.74, 6) is 0.106. The maximum Gasteiger partial charge on any atom is 0.573 e. The SMILES string of the molecule is C[C@@H]1CCCN(CC(=O)Nc2ccc(OC(F)(F)F)cc2)C1. The number of hydrogen-bond acceptors (Lipinski definition) is 3. The van der Waals surface area contributed by atoms with Crippen molar-refractivity contribution in [1.29, 1.82) is 0 Å². The van der Waals surface area contributed by atoms with E-state index in [0.29, 0.717) is 18.2 Å². The highest BCUT2D eigenvalue weighted by Gasteiger charge is 2.31. The number of nitrogens with one attached hydrogen (secondary N) is 1. The molecular weight excluding hydrogens is 297 g/mol. The van der Waals surface area contributed by atoms with Gasteiger partial charge in [0.05, 0.1) is 6.54 Å². The van der Waals surface area contributed by atoms with Crippen LogP contribution >= 0.6 is 0 Å². The Balaban J connectivity index is 1.83. The molecule has 1 atom stereocenters. The molecule has 7 heteroatoms. The summed E-state index contributed by atoms with van der Waals surface area (Å²) in [5, 5.41) is 2.68. The number of hydrogen-bond donors (Lipinski definition) is 1. The lowest BCUT2D eigenvalue weighted by atomic mass is 10.0. The Morgan fingerprint density at radius 1 is 1.36 bits per heavy atom. The van der Waals surface area contributed by atoms with Crippen LogP contribution in [0.2, 0.25) is 0 Å². The third-order valence-electron chi connectivity index (χ3n) is 3.48. The molecule has 0 bridgehead atoms. The van der Waals surface area contributed by atoms with Gasteiger partial charge in [-0.25, -0.2) is 0 Å². The molecule has 0 aliphatic carbocycles. The molecule has 1 saturated heterocycles. The zero-order valence-electron chi connectivity index (χ0n) is 12.3. The number of ether oxygens (including phenoxy) is 1. The van der Waals surface area contributed by atoms with E-state index in [0.717, 1.165) is 19.5 Å². The van der Waals surface area contributed by atoms with Gasteiger partial charge in [0.2, 0.25) is 5.91 Å². The quantitative estimate of drug-likeness (QED) is 0.927. The number of nitrogens with zero attached hydrogens (tertiary/aromatic N) is 1. The van der Waals surface area contributed by atoms with Crippen LogP contribution in [0.1, 0.15) is 19.8 Å². The number of piperidine rings is 1. The Hall–Kier alpha value is -1.76. The van der Waals surface area contributed by atoms with E-state index >= 15 is 0 Å². The third-order valence-corrected chi connectivity index (χ3v) is 3.48. The summed E-state index contributed by atoms with van der Waals surface area (Å²) in [6.07, 6.45) is -2.45. The Morgan fingerprint density at radius 3 is 2.64 bits per heavy atom. The number of likely N-dealkylation sites (tertiary alicyclic amines) is 1. The summed E-state index contributed by atoms with van der Waals surface area (Å²) in [7, 11) is 0.